The molecule has 2 aromatic heterocycles. The van der Waals surface area contributed by atoms with Gasteiger partial charge in [0.2, 0.25) is 11.8 Å². The Kier molecular flexibility index (Phi) is 7.07. The van der Waals surface area contributed by atoms with Crippen LogP contribution in [-0.4, -0.2) is 76.1 Å². The first kappa shape index (κ1) is 25.8. The molecule has 3 rings (SSSR count). The maximum Gasteiger partial charge on any atom is 0.359 e. The fourth-order valence-electron chi connectivity index (χ4n) is 3.63. The third kappa shape index (κ3) is 4.72. The second-order valence-corrected chi connectivity index (χ2v) is 10.8. The van der Waals surface area contributed by atoms with E-state index in [1.165, 1.54) is 24.9 Å². The van der Waals surface area contributed by atoms with E-state index in [0.717, 1.165) is 0 Å². The number of aromatic nitrogens is 4. The van der Waals surface area contributed by atoms with Crippen molar-refractivity contribution in [1.82, 2.24) is 19.5 Å². The van der Waals surface area contributed by atoms with E-state index in [9.17, 15) is 24.8 Å². The van der Waals surface area contributed by atoms with Gasteiger partial charge in [-0.1, -0.05) is 13.8 Å². The average Bonchev–Trinajstić information content (AvgIpc) is 3.28. The number of anilines is 1. The molecule has 0 bridgehead atoms. The molecule has 2 aromatic rings. The first-order valence-corrected chi connectivity index (χ1v) is 12.2. The van der Waals surface area contributed by atoms with Crippen molar-refractivity contribution in [3.63, 3.8) is 0 Å². The molecule has 3 heterocycles. The third-order valence-electron chi connectivity index (χ3n) is 6.21. The number of nitrogen functional groups attached to an aromatic ring is 1. The summed E-state index contributed by atoms with van der Waals surface area (Å²) in [5, 5.41) is 29.8. The van der Waals surface area contributed by atoms with Crippen LogP contribution < -0.4 is 10.5 Å². The van der Waals surface area contributed by atoms with Crippen molar-refractivity contribution in [2.75, 3.05) is 12.8 Å². The number of rotatable bonds is 9. The highest BCUT2D eigenvalue weighted by atomic mass is 31.2. The van der Waals surface area contributed by atoms with Gasteiger partial charge in [-0.25, -0.2) is 4.98 Å². The molecule has 1 fully saturated rings. The Bertz CT molecular complexity index is 1050. The molecule has 0 spiro atoms. The summed E-state index contributed by atoms with van der Waals surface area (Å²) in [6, 6.07) is 0. The molecule has 13 nitrogen and oxygen atoms in total. The number of aliphatic hydroxyl groups excluding tert-OH is 2. The van der Waals surface area contributed by atoms with E-state index in [4.69, 9.17) is 19.7 Å². The predicted octanol–water partition coefficient (Wildman–Crippen LogP) is 0.916. The zero-order valence-corrected chi connectivity index (χ0v) is 20.1. The molecule has 33 heavy (non-hydrogen) atoms. The summed E-state index contributed by atoms with van der Waals surface area (Å²) in [7, 11) is -3.03. The molecule has 14 heteroatoms. The summed E-state index contributed by atoms with van der Waals surface area (Å²) in [5.74, 6) is 0.0776. The largest absolute Gasteiger partial charge is 0.479 e. The van der Waals surface area contributed by atoms with Crippen LogP contribution in [0.3, 0.4) is 0 Å². The Morgan fingerprint density at radius 2 is 1.91 bits per heavy atom. The van der Waals surface area contributed by atoms with Crippen molar-refractivity contribution in [3.8, 4) is 5.88 Å². The highest BCUT2D eigenvalue weighted by molar-refractivity contribution is 7.54. The summed E-state index contributed by atoms with van der Waals surface area (Å²) in [6.07, 6.45) is -3.13. The zero-order valence-electron chi connectivity index (χ0n) is 19.2. The van der Waals surface area contributed by atoms with E-state index in [-0.39, 0.29) is 36.7 Å². The van der Waals surface area contributed by atoms with Crippen LogP contribution in [0, 0.1) is 0 Å². The lowest BCUT2D eigenvalue weighted by atomic mass is 9.93. The van der Waals surface area contributed by atoms with Crippen molar-refractivity contribution >= 4 is 24.7 Å². The number of hydrogen-bond donors (Lipinski definition) is 5. The van der Waals surface area contributed by atoms with Crippen LogP contribution >= 0.6 is 7.60 Å². The number of methoxy groups -OCH3 is 1. The highest BCUT2D eigenvalue weighted by Gasteiger charge is 2.50. The summed E-state index contributed by atoms with van der Waals surface area (Å²) in [4.78, 5) is 22.7. The minimum atomic E-state index is -4.44. The lowest BCUT2D eigenvalue weighted by molar-refractivity contribution is -0.0689. The van der Waals surface area contributed by atoms with Gasteiger partial charge in [-0.05, 0) is 26.7 Å². The van der Waals surface area contributed by atoms with Gasteiger partial charge in [0, 0.05) is 6.42 Å². The van der Waals surface area contributed by atoms with Gasteiger partial charge in [-0.3, -0.25) is 9.13 Å². The van der Waals surface area contributed by atoms with Crippen LogP contribution in [0.15, 0.2) is 6.33 Å². The van der Waals surface area contributed by atoms with Crippen LogP contribution in [0.5, 0.6) is 5.88 Å². The lowest BCUT2D eigenvalue weighted by Crippen LogP contribution is -2.40. The van der Waals surface area contributed by atoms with Crippen molar-refractivity contribution < 1.29 is 38.8 Å². The number of ether oxygens (including phenoxy) is 2. The Morgan fingerprint density at radius 1 is 1.24 bits per heavy atom. The van der Waals surface area contributed by atoms with E-state index < -0.39 is 43.1 Å². The topological polar surface area (TPSA) is 195 Å². The smallest absolute Gasteiger partial charge is 0.359 e. The summed E-state index contributed by atoms with van der Waals surface area (Å²) in [6.45, 7) is 6.13. The second kappa shape index (κ2) is 9.06. The zero-order chi connectivity index (χ0) is 24.8. The number of nitrogens with zero attached hydrogens (tertiary/aromatic N) is 4. The summed E-state index contributed by atoms with van der Waals surface area (Å²) in [5.41, 5.74) is 5.04. The van der Waals surface area contributed by atoms with Crippen molar-refractivity contribution in [1.29, 1.82) is 0 Å². The lowest BCUT2D eigenvalue weighted by Gasteiger charge is -2.37. The van der Waals surface area contributed by atoms with Crippen LogP contribution in [0.2, 0.25) is 0 Å². The number of nitrogens with two attached hydrogens (primary N) is 1. The van der Waals surface area contributed by atoms with Gasteiger partial charge in [0.25, 0.3) is 0 Å². The fourth-order valence-corrected chi connectivity index (χ4v) is 5.03. The molecule has 0 amide bonds. The number of hydrogen-bond acceptors (Lipinski definition) is 11. The monoisotopic (exact) mass is 489 g/mol. The summed E-state index contributed by atoms with van der Waals surface area (Å²) >= 11 is 0. The Morgan fingerprint density at radius 3 is 2.48 bits per heavy atom. The molecule has 1 aliphatic heterocycles. The molecule has 0 aliphatic carbocycles. The van der Waals surface area contributed by atoms with Gasteiger partial charge >= 0.3 is 7.60 Å². The highest BCUT2D eigenvalue weighted by Crippen LogP contribution is 2.59. The fraction of sp³-hybridized carbons (Fsp3) is 0.737. The standard InChI is InChI=1S/C19H32N5O8P/c1-6-18(3,32-33(28,29)19(4,27)7-2)8-10-12(25)13(26)16(31-10)24-9-21-11-14(24)22-17(20)23-15(11)30-5/h9-10,12-13,16,25-27H,6-8H2,1-5H3,(H,28,29)(H2,20,22,23)/t10-,12-,13-,16-,18?,19?/m1/s1. The third-order valence-corrected chi connectivity index (χ3v) is 8.44. The molecule has 0 radical (unpaired) electrons. The first-order chi connectivity index (χ1) is 15.3. The van der Waals surface area contributed by atoms with E-state index in [1.54, 1.807) is 20.8 Å². The van der Waals surface area contributed by atoms with Crippen LogP contribution in [0.4, 0.5) is 5.95 Å². The summed E-state index contributed by atoms with van der Waals surface area (Å²) < 4.78 is 30.8. The second-order valence-electron chi connectivity index (χ2n) is 8.65. The van der Waals surface area contributed by atoms with Crippen molar-refractivity contribution in [2.45, 2.75) is 82.4 Å². The molecular formula is C19H32N5O8P. The predicted molar refractivity (Wildman–Crippen MR) is 117 cm³/mol. The number of aliphatic hydroxyl groups is 3. The molecule has 0 saturated carbocycles. The van der Waals surface area contributed by atoms with E-state index in [0.29, 0.717) is 5.52 Å². The van der Waals surface area contributed by atoms with E-state index >= 15 is 0 Å². The minimum Gasteiger partial charge on any atom is -0.479 e. The molecular weight excluding hydrogens is 457 g/mol. The average molecular weight is 489 g/mol. The minimum absolute atomic E-state index is 0.00602. The van der Waals surface area contributed by atoms with Gasteiger partial charge in [0.15, 0.2) is 22.7 Å². The molecule has 7 atom stereocenters. The SMILES string of the molecule is CCC(C)(C[C@H]1O[C@@H](n2cnc3c(OC)nc(N)nc32)[C@H](O)[C@@H]1O)OP(=O)(O)C(C)(O)CC. The van der Waals surface area contributed by atoms with Crippen LogP contribution in [0.25, 0.3) is 11.2 Å². The molecule has 1 saturated heterocycles. The van der Waals surface area contributed by atoms with Gasteiger partial charge in [-0.2, -0.15) is 9.97 Å². The Balaban J connectivity index is 1.87. The van der Waals surface area contributed by atoms with Crippen LogP contribution in [-0.2, 0) is 13.8 Å². The first-order valence-electron chi connectivity index (χ1n) is 10.6. The van der Waals surface area contributed by atoms with Crippen molar-refractivity contribution in [2.24, 2.45) is 0 Å². The Hall–Kier alpha value is -1.86. The van der Waals surface area contributed by atoms with Crippen molar-refractivity contribution in [3.05, 3.63) is 6.33 Å². The van der Waals surface area contributed by atoms with Gasteiger partial charge in [0.1, 0.15) is 12.2 Å². The molecule has 3 unspecified atom stereocenters. The number of imidazole rings is 1. The molecule has 1 aliphatic rings. The maximum absolute atomic E-state index is 12.7. The molecule has 0 aromatic carbocycles. The van der Waals surface area contributed by atoms with E-state index in [1.807, 2.05) is 0 Å². The normalized spacial score (nSPS) is 28.9. The van der Waals surface area contributed by atoms with Gasteiger partial charge in [-0.15, -0.1) is 0 Å². The van der Waals surface area contributed by atoms with Gasteiger partial charge < -0.3 is 39.9 Å². The maximum atomic E-state index is 12.7. The molecule has 6 N–H and O–H groups in total. The van der Waals surface area contributed by atoms with E-state index in [2.05, 4.69) is 15.0 Å². The number of fused-ring (bicyclic) bond motifs is 1. The quantitative estimate of drug-likeness (QED) is 0.313. The van der Waals surface area contributed by atoms with Crippen LogP contribution in [0.1, 0.15) is 53.2 Å². The molecule has 186 valence electrons. The Labute approximate surface area is 191 Å². The van der Waals surface area contributed by atoms with Gasteiger partial charge in [0.05, 0.1) is 25.1 Å².